The summed E-state index contributed by atoms with van der Waals surface area (Å²) in [7, 11) is 4.26. The standard InChI is InChI=1S/C22H25BrN2/c1-24(2)12-13-25(16-18-6-5-9-22(23)15-18)17-19-10-11-20-7-3-4-8-21(20)14-19/h3-11,14-15H,12-13,16-17H2,1-2H3. The lowest BCUT2D eigenvalue weighted by atomic mass is 10.1. The zero-order valence-corrected chi connectivity index (χ0v) is 16.5. The maximum Gasteiger partial charge on any atom is 0.0238 e. The van der Waals surface area contributed by atoms with E-state index in [-0.39, 0.29) is 0 Å². The summed E-state index contributed by atoms with van der Waals surface area (Å²) in [4.78, 5) is 4.76. The zero-order valence-electron chi connectivity index (χ0n) is 15.0. The van der Waals surface area contributed by atoms with Crippen molar-refractivity contribution < 1.29 is 0 Å². The molecule has 0 radical (unpaired) electrons. The Morgan fingerprint density at radius 1 is 0.720 bits per heavy atom. The molecule has 0 amide bonds. The molecule has 0 atom stereocenters. The second-order valence-corrected chi connectivity index (χ2v) is 7.74. The molecule has 0 aliphatic rings. The van der Waals surface area contributed by atoms with Crippen molar-refractivity contribution in [1.82, 2.24) is 9.80 Å². The Hall–Kier alpha value is -1.68. The Bertz CT molecular complexity index is 829. The van der Waals surface area contributed by atoms with Crippen LogP contribution in [-0.2, 0) is 13.1 Å². The van der Waals surface area contributed by atoms with E-state index >= 15 is 0 Å². The molecule has 3 aromatic carbocycles. The SMILES string of the molecule is CN(C)CCN(Cc1cccc(Br)c1)Cc1ccc2ccccc2c1. The van der Waals surface area contributed by atoms with Crippen LogP contribution in [-0.4, -0.2) is 37.0 Å². The number of halogens is 1. The van der Waals surface area contributed by atoms with Gasteiger partial charge in [-0.25, -0.2) is 0 Å². The molecule has 0 saturated carbocycles. The van der Waals surface area contributed by atoms with Gasteiger partial charge < -0.3 is 4.90 Å². The molecule has 0 unspecified atom stereocenters. The first-order chi connectivity index (χ1) is 12.1. The third kappa shape index (κ3) is 5.40. The fraction of sp³-hybridized carbons (Fsp3) is 0.273. The molecule has 2 nitrogen and oxygen atoms in total. The summed E-state index contributed by atoms with van der Waals surface area (Å²) in [5.74, 6) is 0. The summed E-state index contributed by atoms with van der Waals surface area (Å²) < 4.78 is 1.14. The molecule has 130 valence electrons. The molecule has 0 aromatic heterocycles. The van der Waals surface area contributed by atoms with Gasteiger partial charge in [-0.1, -0.05) is 64.5 Å². The summed E-state index contributed by atoms with van der Waals surface area (Å²) in [6.45, 7) is 4.03. The minimum atomic E-state index is 0.958. The molecule has 0 bridgehead atoms. The highest BCUT2D eigenvalue weighted by Gasteiger charge is 2.09. The predicted molar refractivity (Wildman–Crippen MR) is 111 cm³/mol. The van der Waals surface area contributed by atoms with Gasteiger partial charge in [-0.3, -0.25) is 4.90 Å². The minimum Gasteiger partial charge on any atom is -0.308 e. The van der Waals surface area contributed by atoms with Crippen LogP contribution in [0.2, 0.25) is 0 Å². The Balaban J connectivity index is 1.77. The average Bonchev–Trinajstić information content (AvgIpc) is 2.59. The first-order valence-corrected chi connectivity index (χ1v) is 9.49. The highest BCUT2D eigenvalue weighted by molar-refractivity contribution is 9.10. The van der Waals surface area contributed by atoms with Crippen LogP contribution in [0, 0.1) is 0 Å². The first-order valence-electron chi connectivity index (χ1n) is 8.69. The Labute approximate surface area is 159 Å². The molecule has 3 heteroatoms. The van der Waals surface area contributed by atoms with Gasteiger partial charge in [-0.05, 0) is 54.2 Å². The van der Waals surface area contributed by atoms with Crippen molar-refractivity contribution in [1.29, 1.82) is 0 Å². The number of hydrogen-bond donors (Lipinski definition) is 0. The minimum absolute atomic E-state index is 0.958. The van der Waals surface area contributed by atoms with E-state index in [9.17, 15) is 0 Å². The van der Waals surface area contributed by atoms with Gasteiger partial charge in [0.15, 0.2) is 0 Å². The maximum atomic E-state index is 3.58. The molecule has 3 aromatic rings. The molecule has 0 fully saturated rings. The van der Waals surface area contributed by atoms with E-state index in [2.05, 4.69) is 107 Å². The molecule has 25 heavy (non-hydrogen) atoms. The first kappa shape index (κ1) is 18.1. The van der Waals surface area contributed by atoms with E-state index < -0.39 is 0 Å². The molecule has 0 aliphatic carbocycles. The van der Waals surface area contributed by atoms with Crippen LogP contribution in [0.1, 0.15) is 11.1 Å². The van der Waals surface area contributed by atoms with Crippen LogP contribution in [0.15, 0.2) is 71.2 Å². The third-order valence-electron chi connectivity index (χ3n) is 4.38. The normalized spacial score (nSPS) is 11.6. The van der Waals surface area contributed by atoms with Gasteiger partial charge in [-0.2, -0.15) is 0 Å². The lowest BCUT2D eigenvalue weighted by Gasteiger charge is -2.24. The van der Waals surface area contributed by atoms with E-state index in [1.54, 1.807) is 0 Å². The Kier molecular flexibility index (Phi) is 6.24. The van der Waals surface area contributed by atoms with Crippen LogP contribution in [0.3, 0.4) is 0 Å². The summed E-state index contributed by atoms with van der Waals surface area (Å²) in [6.07, 6.45) is 0. The maximum absolute atomic E-state index is 3.58. The van der Waals surface area contributed by atoms with Gasteiger partial charge in [-0.15, -0.1) is 0 Å². The fourth-order valence-corrected chi connectivity index (χ4v) is 3.49. The van der Waals surface area contributed by atoms with Crippen molar-refractivity contribution in [3.63, 3.8) is 0 Å². The van der Waals surface area contributed by atoms with E-state index in [4.69, 9.17) is 0 Å². The summed E-state index contributed by atoms with van der Waals surface area (Å²) in [5, 5.41) is 2.62. The van der Waals surface area contributed by atoms with Crippen LogP contribution >= 0.6 is 15.9 Å². The van der Waals surface area contributed by atoms with Crippen molar-refractivity contribution >= 4 is 26.7 Å². The number of fused-ring (bicyclic) bond motifs is 1. The van der Waals surface area contributed by atoms with Crippen molar-refractivity contribution in [3.05, 3.63) is 82.3 Å². The third-order valence-corrected chi connectivity index (χ3v) is 4.87. The van der Waals surface area contributed by atoms with Crippen LogP contribution in [0.4, 0.5) is 0 Å². The van der Waals surface area contributed by atoms with Crippen molar-refractivity contribution in [2.24, 2.45) is 0 Å². The highest BCUT2D eigenvalue weighted by Crippen LogP contribution is 2.19. The highest BCUT2D eigenvalue weighted by atomic mass is 79.9. The van der Waals surface area contributed by atoms with Gasteiger partial charge in [0, 0.05) is 30.7 Å². The number of likely N-dealkylation sites (N-methyl/N-ethyl adjacent to an activating group) is 1. The molecule has 0 aliphatic heterocycles. The number of hydrogen-bond acceptors (Lipinski definition) is 2. The number of benzene rings is 3. The number of nitrogens with zero attached hydrogens (tertiary/aromatic N) is 2. The van der Waals surface area contributed by atoms with Gasteiger partial charge in [0.1, 0.15) is 0 Å². The van der Waals surface area contributed by atoms with Gasteiger partial charge in [0.25, 0.3) is 0 Å². The van der Waals surface area contributed by atoms with Crippen LogP contribution in [0.25, 0.3) is 10.8 Å². The molecule has 0 heterocycles. The van der Waals surface area contributed by atoms with E-state index in [0.29, 0.717) is 0 Å². The van der Waals surface area contributed by atoms with Crippen molar-refractivity contribution in [2.45, 2.75) is 13.1 Å². The quantitative estimate of drug-likeness (QED) is 0.543. The molecule has 0 saturated heterocycles. The summed E-state index contributed by atoms with van der Waals surface area (Å²) in [5.41, 5.74) is 2.71. The lowest BCUT2D eigenvalue weighted by molar-refractivity contribution is 0.226. The van der Waals surface area contributed by atoms with E-state index in [1.165, 1.54) is 21.9 Å². The average molecular weight is 397 g/mol. The molecular weight excluding hydrogens is 372 g/mol. The van der Waals surface area contributed by atoms with Crippen LogP contribution < -0.4 is 0 Å². The fourth-order valence-electron chi connectivity index (χ4n) is 3.04. The largest absolute Gasteiger partial charge is 0.308 e. The Morgan fingerprint density at radius 2 is 1.44 bits per heavy atom. The summed E-state index contributed by atoms with van der Waals surface area (Å²) in [6, 6.07) is 24.0. The summed E-state index contributed by atoms with van der Waals surface area (Å²) >= 11 is 3.58. The van der Waals surface area contributed by atoms with E-state index in [1.807, 2.05) is 0 Å². The van der Waals surface area contributed by atoms with E-state index in [0.717, 1.165) is 30.7 Å². The number of rotatable bonds is 7. The molecular formula is C22H25BrN2. The van der Waals surface area contributed by atoms with Gasteiger partial charge >= 0.3 is 0 Å². The van der Waals surface area contributed by atoms with Crippen LogP contribution in [0.5, 0.6) is 0 Å². The van der Waals surface area contributed by atoms with Gasteiger partial charge in [0.05, 0.1) is 0 Å². The molecule has 3 rings (SSSR count). The Morgan fingerprint density at radius 3 is 2.16 bits per heavy atom. The topological polar surface area (TPSA) is 6.48 Å². The predicted octanol–water partition coefficient (Wildman–Crippen LogP) is 5.17. The monoisotopic (exact) mass is 396 g/mol. The second kappa shape index (κ2) is 8.61. The van der Waals surface area contributed by atoms with Crippen molar-refractivity contribution in [3.8, 4) is 0 Å². The zero-order chi connectivity index (χ0) is 17.6. The van der Waals surface area contributed by atoms with Crippen molar-refractivity contribution in [2.75, 3.05) is 27.2 Å². The smallest absolute Gasteiger partial charge is 0.0238 e. The lowest BCUT2D eigenvalue weighted by Crippen LogP contribution is -2.31. The molecule has 0 N–H and O–H groups in total. The molecule has 0 spiro atoms. The second-order valence-electron chi connectivity index (χ2n) is 6.83. The van der Waals surface area contributed by atoms with Gasteiger partial charge in [0.2, 0.25) is 0 Å².